The first-order chi connectivity index (χ1) is 8.16. The molecule has 1 aromatic carbocycles. The van der Waals surface area contributed by atoms with Crippen LogP contribution >= 0.6 is 0 Å². The summed E-state index contributed by atoms with van der Waals surface area (Å²) in [6.45, 7) is 5.20. The largest absolute Gasteiger partial charge is 0.491 e. The van der Waals surface area contributed by atoms with E-state index in [-0.39, 0.29) is 12.2 Å². The van der Waals surface area contributed by atoms with Gasteiger partial charge in [-0.15, -0.1) is 0 Å². The molecule has 1 aromatic rings. The number of rotatable bonds is 5. The van der Waals surface area contributed by atoms with E-state index in [1.165, 1.54) is 5.56 Å². The fourth-order valence-corrected chi connectivity index (χ4v) is 2.10. The third-order valence-corrected chi connectivity index (χ3v) is 2.96. The van der Waals surface area contributed by atoms with Crippen LogP contribution in [-0.4, -0.2) is 24.4 Å². The number of aryl methyl sites for hydroxylation is 1. The van der Waals surface area contributed by atoms with Crippen LogP contribution in [0.3, 0.4) is 0 Å². The Morgan fingerprint density at radius 1 is 1.35 bits per heavy atom. The van der Waals surface area contributed by atoms with E-state index in [2.05, 4.69) is 0 Å². The number of aliphatic hydroxyl groups excluding tert-OH is 1. The Balaban J connectivity index is 1.86. The summed E-state index contributed by atoms with van der Waals surface area (Å²) in [6, 6.07) is 5.91. The molecule has 0 bridgehead atoms. The first-order valence-electron chi connectivity index (χ1n) is 6.22. The van der Waals surface area contributed by atoms with Crippen molar-refractivity contribution in [3.63, 3.8) is 0 Å². The number of aliphatic hydroxyl groups is 1. The van der Waals surface area contributed by atoms with Crippen molar-refractivity contribution in [1.82, 2.24) is 0 Å². The summed E-state index contributed by atoms with van der Waals surface area (Å²) in [6.07, 6.45) is 1.72. The fraction of sp³-hybridized carbons (Fsp3) is 0.571. The molecule has 0 heterocycles. The predicted molar refractivity (Wildman–Crippen MR) is 66.3 cm³/mol. The van der Waals surface area contributed by atoms with E-state index in [1.807, 2.05) is 32.0 Å². The average molecular weight is 236 g/mol. The van der Waals surface area contributed by atoms with Crippen molar-refractivity contribution in [3.8, 4) is 5.75 Å². The van der Waals surface area contributed by atoms with Crippen molar-refractivity contribution in [2.45, 2.75) is 38.9 Å². The molecule has 2 rings (SSSR count). The van der Waals surface area contributed by atoms with Crippen LogP contribution in [0.25, 0.3) is 0 Å². The summed E-state index contributed by atoms with van der Waals surface area (Å²) >= 11 is 0. The van der Waals surface area contributed by atoms with Crippen LogP contribution in [0.5, 0.6) is 5.75 Å². The van der Waals surface area contributed by atoms with Gasteiger partial charge in [-0.25, -0.2) is 0 Å². The van der Waals surface area contributed by atoms with E-state index < -0.39 is 0 Å². The molecule has 1 aliphatic rings. The number of ether oxygens (including phenoxy) is 2. The van der Waals surface area contributed by atoms with E-state index in [0.717, 1.165) is 24.2 Å². The summed E-state index contributed by atoms with van der Waals surface area (Å²) in [7, 11) is 0. The minimum absolute atomic E-state index is 0.244. The van der Waals surface area contributed by atoms with Crippen LogP contribution in [-0.2, 0) is 11.2 Å². The summed E-state index contributed by atoms with van der Waals surface area (Å²) < 4.78 is 11.0. The Labute approximate surface area is 102 Å². The molecule has 0 amide bonds. The molecule has 0 fully saturated rings. The van der Waals surface area contributed by atoms with Gasteiger partial charge in [0.15, 0.2) is 0 Å². The summed E-state index contributed by atoms with van der Waals surface area (Å²) in [5.74, 6) is 0.866. The molecule has 0 aromatic heterocycles. The zero-order valence-electron chi connectivity index (χ0n) is 10.5. The van der Waals surface area contributed by atoms with Crippen molar-refractivity contribution in [3.05, 3.63) is 29.3 Å². The van der Waals surface area contributed by atoms with Crippen LogP contribution < -0.4 is 4.74 Å². The summed E-state index contributed by atoms with van der Waals surface area (Å²) in [5.41, 5.74) is 2.26. The third kappa shape index (κ3) is 3.20. The average Bonchev–Trinajstić information content (AvgIpc) is 2.66. The molecule has 0 saturated carbocycles. The van der Waals surface area contributed by atoms with Gasteiger partial charge in [0.1, 0.15) is 12.4 Å². The second kappa shape index (κ2) is 5.52. The molecule has 0 spiro atoms. The highest BCUT2D eigenvalue weighted by Gasteiger charge is 2.20. The maximum atomic E-state index is 9.69. The molecule has 3 nitrogen and oxygen atoms in total. The molecular weight excluding hydrogens is 216 g/mol. The second-order valence-electron chi connectivity index (χ2n) is 4.68. The summed E-state index contributed by atoms with van der Waals surface area (Å²) in [5, 5.41) is 9.69. The van der Waals surface area contributed by atoms with Gasteiger partial charge in [-0.05, 0) is 49.9 Å². The van der Waals surface area contributed by atoms with E-state index in [0.29, 0.717) is 13.2 Å². The van der Waals surface area contributed by atoms with E-state index in [1.54, 1.807) is 0 Å². The highest BCUT2D eigenvalue weighted by Crippen LogP contribution is 2.33. The van der Waals surface area contributed by atoms with Crippen LogP contribution in [0.15, 0.2) is 18.2 Å². The maximum Gasteiger partial charge on any atom is 0.119 e. The molecule has 0 saturated heterocycles. The predicted octanol–water partition coefficient (Wildman–Crippen LogP) is 2.47. The van der Waals surface area contributed by atoms with Gasteiger partial charge in [0, 0.05) is 0 Å². The Morgan fingerprint density at radius 2 is 2.18 bits per heavy atom. The van der Waals surface area contributed by atoms with Crippen molar-refractivity contribution in [1.29, 1.82) is 0 Å². The van der Waals surface area contributed by atoms with Gasteiger partial charge in [-0.3, -0.25) is 0 Å². The number of hydrogen-bond donors (Lipinski definition) is 1. The van der Waals surface area contributed by atoms with Crippen molar-refractivity contribution < 1.29 is 14.6 Å². The number of fused-ring (bicyclic) bond motifs is 1. The van der Waals surface area contributed by atoms with Gasteiger partial charge < -0.3 is 14.6 Å². The van der Waals surface area contributed by atoms with Crippen LogP contribution in [0.1, 0.15) is 37.5 Å². The Bertz CT molecular complexity index is 374. The smallest absolute Gasteiger partial charge is 0.119 e. The maximum absolute atomic E-state index is 9.69. The second-order valence-corrected chi connectivity index (χ2v) is 4.68. The van der Waals surface area contributed by atoms with E-state index in [9.17, 15) is 5.11 Å². The fourth-order valence-electron chi connectivity index (χ4n) is 2.10. The molecule has 0 unspecified atom stereocenters. The lowest BCUT2D eigenvalue weighted by molar-refractivity contribution is 0.0552. The Kier molecular flexibility index (Phi) is 4.02. The first kappa shape index (κ1) is 12.4. The topological polar surface area (TPSA) is 38.7 Å². The van der Waals surface area contributed by atoms with Gasteiger partial charge in [-0.1, -0.05) is 6.07 Å². The lowest BCUT2D eigenvalue weighted by Crippen LogP contribution is -2.11. The minimum atomic E-state index is -0.289. The van der Waals surface area contributed by atoms with Gasteiger partial charge in [-0.2, -0.15) is 0 Å². The van der Waals surface area contributed by atoms with Crippen LogP contribution in [0.4, 0.5) is 0 Å². The number of hydrogen-bond acceptors (Lipinski definition) is 3. The first-order valence-corrected chi connectivity index (χ1v) is 6.22. The lowest BCUT2D eigenvalue weighted by Gasteiger charge is -2.10. The molecule has 94 valence electrons. The van der Waals surface area contributed by atoms with Gasteiger partial charge in [0.05, 0.1) is 18.8 Å². The molecule has 1 aliphatic carbocycles. The van der Waals surface area contributed by atoms with E-state index >= 15 is 0 Å². The quantitative estimate of drug-likeness (QED) is 0.798. The highest BCUT2D eigenvalue weighted by atomic mass is 16.5. The highest BCUT2D eigenvalue weighted by molar-refractivity contribution is 5.39. The third-order valence-electron chi connectivity index (χ3n) is 2.96. The lowest BCUT2D eigenvalue weighted by atomic mass is 10.1. The molecule has 1 N–H and O–H groups in total. The normalized spacial score (nSPS) is 18.5. The molecular formula is C14H20O3. The standard InChI is InChI=1S/C14H20O3/c1-10(2)16-7-8-17-12-4-5-13-11(9-12)3-6-14(13)15/h4-5,9-10,14-15H,3,6-8H2,1-2H3/t14-/m0/s1. The molecule has 17 heavy (non-hydrogen) atoms. The molecule has 0 aliphatic heterocycles. The van der Waals surface area contributed by atoms with Crippen molar-refractivity contribution in [2.24, 2.45) is 0 Å². The molecule has 0 radical (unpaired) electrons. The van der Waals surface area contributed by atoms with Crippen LogP contribution in [0.2, 0.25) is 0 Å². The van der Waals surface area contributed by atoms with Gasteiger partial charge in [0.25, 0.3) is 0 Å². The Hall–Kier alpha value is -1.06. The monoisotopic (exact) mass is 236 g/mol. The van der Waals surface area contributed by atoms with Gasteiger partial charge in [0.2, 0.25) is 0 Å². The van der Waals surface area contributed by atoms with Gasteiger partial charge >= 0.3 is 0 Å². The SMILES string of the molecule is CC(C)OCCOc1ccc2c(c1)CC[C@@H]2O. The van der Waals surface area contributed by atoms with E-state index in [4.69, 9.17) is 9.47 Å². The minimum Gasteiger partial charge on any atom is -0.491 e. The van der Waals surface area contributed by atoms with Crippen molar-refractivity contribution >= 4 is 0 Å². The molecule has 3 heteroatoms. The van der Waals surface area contributed by atoms with Crippen molar-refractivity contribution in [2.75, 3.05) is 13.2 Å². The summed E-state index contributed by atoms with van der Waals surface area (Å²) in [4.78, 5) is 0. The van der Waals surface area contributed by atoms with Crippen LogP contribution in [0, 0.1) is 0 Å². The molecule has 1 atom stereocenters. The number of benzene rings is 1. The zero-order valence-corrected chi connectivity index (χ0v) is 10.5. The Morgan fingerprint density at radius 3 is 2.94 bits per heavy atom. The zero-order chi connectivity index (χ0) is 12.3.